The fourth-order valence-corrected chi connectivity index (χ4v) is 3.37. The molecule has 177 valence electrons. The highest BCUT2D eigenvalue weighted by molar-refractivity contribution is 6.03. The van der Waals surface area contributed by atoms with Gasteiger partial charge in [0.25, 0.3) is 5.91 Å². The first-order chi connectivity index (χ1) is 15.6. The summed E-state index contributed by atoms with van der Waals surface area (Å²) in [5.74, 6) is -0.268. The van der Waals surface area contributed by atoms with Gasteiger partial charge in [-0.05, 0) is 56.0 Å². The molecule has 2 aromatic heterocycles. The van der Waals surface area contributed by atoms with Crippen molar-refractivity contribution in [2.75, 3.05) is 26.1 Å². The van der Waals surface area contributed by atoms with Crippen LogP contribution in [0.4, 0.5) is 19.0 Å². The van der Waals surface area contributed by atoms with E-state index in [2.05, 4.69) is 15.3 Å². The van der Waals surface area contributed by atoms with Crippen LogP contribution in [0, 0.1) is 13.3 Å². The smallest absolute Gasteiger partial charge is 0.422 e. The molecule has 0 aromatic carbocycles. The van der Waals surface area contributed by atoms with Gasteiger partial charge in [0.05, 0.1) is 17.3 Å². The third-order valence-corrected chi connectivity index (χ3v) is 4.97. The molecule has 1 radical (unpaired) electrons. The molecule has 3 N–H and O–H groups in total. The fraction of sp³-hybridized carbons (Fsp3) is 0.391. The van der Waals surface area contributed by atoms with Crippen molar-refractivity contribution >= 4 is 17.3 Å². The molecule has 1 unspecified atom stereocenters. The maximum Gasteiger partial charge on any atom is 0.422 e. The van der Waals surface area contributed by atoms with E-state index in [1.807, 2.05) is 12.5 Å². The molecule has 1 amide bonds. The number of hydrogen-bond acceptors (Lipinski definition) is 6. The van der Waals surface area contributed by atoms with E-state index in [1.54, 1.807) is 27.0 Å². The molecule has 0 spiro atoms. The molecule has 2 heterocycles. The lowest BCUT2D eigenvalue weighted by molar-refractivity contribution is -0.154. The quantitative estimate of drug-likeness (QED) is 0.513. The minimum atomic E-state index is -4.49. The number of methoxy groups -OCH3 is 1. The first kappa shape index (κ1) is 24.5. The van der Waals surface area contributed by atoms with E-state index in [-0.39, 0.29) is 23.2 Å². The Bertz CT molecular complexity index is 1030. The van der Waals surface area contributed by atoms with Crippen LogP contribution in [0.2, 0.25) is 0 Å². The Hall–Kier alpha value is -3.14. The number of rotatable bonds is 10. The Labute approximate surface area is 190 Å². The predicted octanol–water partition coefficient (Wildman–Crippen LogP) is 4.20. The molecule has 1 atom stereocenters. The number of nitrogens with two attached hydrogens (primary N) is 1. The highest BCUT2D eigenvalue weighted by Gasteiger charge is 2.31. The van der Waals surface area contributed by atoms with Gasteiger partial charge in [0, 0.05) is 31.9 Å². The lowest BCUT2D eigenvalue weighted by Gasteiger charge is -2.17. The number of carbonyl (C=O) groups is 1. The van der Waals surface area contributed by atoms with Crippen LogP contribution in [0.3, 0.4) is 0 Å². The molecule has 0 aliphatic heterocycles. The van der Waals surface area contributed by atoms with Crippen LogP contribution in [0.25, 0.3) is 5.57 Å². The van der Waals surface area contributed by atoms with Gasteiger partial charge >= 0.3 is 6.18 Å². The van der Waals surface area contributed by atoms with Crippen molar-refractivity contribution in [2.45, 2.75) is 38.9 Å². The summed E-state index contributed by atoms with van der Waals surface area (Å²) in [6.07, 6.45) is -1.14. The summed E-state index contributed by atoms with van der Waals surface area (Å²) in [6, 6.07) is 5.80. The van der Waals surface area contributed by atoms with Crippen LogP contribution in [0.5, 0.6) is 5.88 Å². The van der Waals surface area contributed by atoms with Crippen molar-refractivity contribution in [1.29, 1.82) is 0 Å². The summed E-state index contributed by atoms with van der Waals surface area (Å²) in [5, 5.41) is 2.89. The number of anilines is 1. The number of alkyl halides is 3. The summed E-state index contributed by atoms with van der Waals surface area (Å²) in [7, 11) is 1.61. The summed E-state index contributed by atoms with van der Waals surface area (Å²) in [5.41, 5.74) is 9.55. The van der Waals surface area contributed by atoms with Crippen LogP contribution in [-0.4, -0.2) is 42.4 Å². The van der Waals surface area contributed by atoms with Crippen LogP contribution < -0.4 is 15.8 Å². The number of pyridine rings is 2. The van der Waals surface area contributed by atoms with Crippen molar-refractivity contribution in [3.8, 4) is 5.88 Å². The molecule has 1 aliphatic carbocycles. The van der Waals surface area contributed by atoms with Gasteiger partial charge in [-0.2, -0.15) is 13.2 Å². The third kappa shape index (κ3) is 6.92. The number of nitrogen functional groups attached to an aromatic ring is 1. The molecular formula is C23H26F3N4O3. The zero-order valence-corrected chi connectivity index (χ0v) is 18.6. The Morgan fingerprint density at radius 1 is 1.24 bits per heavy atom. The van der Waals surface area contributed by atoms with Gasteiger partial charge in [-0.15, -0.1) is 0 Å². The van der Waals surface area contributed by atoms with Crippen LogP contribution in [0.1, 0.15) is 53.1 Å². The summed E-state index contributed by atoms with van der Waals surface area (Å²) >= 11 is 0. The topological polar surface area (TPSA) is 99.4 Å². The highest BCUT2D eigenvalue weighted by Crippen LogP contribution is 2.42. The van der Waals surface area contributed by atoms with Gasteiger partial charge < -0.3 is 20.5 Å². The zero-order chi connectivity index (χ0) is 24.2. The number of ether oxygens (including phenoxy) is 2. The van der Waals surface area contributed by atoms with Gasteiger partial charge in [-0.1, -0.05) is 5.57 Å². The molecule has 3 rings (SSSR count). The maximum absolute atomic E-state index is 13.1. The molecule has 0 bridgehead atoms. The number of allylic oxidation sites excluding steroid dienone is 2. The zero-order valence-electron chi connectivity index (χ0n) is 18.6. The molecule has 0 fully saturated rings. The lowest BCUT2D eigenvalue weighted by atomic mass is 10.1. The summed E-state index contributed by atoms with van der Waals surface area (Å²) in [6.45, 7) is 2.72. The van der Waals surface area contributed by atoms with Crippen molar-refractivity contribution in [1.82, 2.24) is 15.3 Å². The van der Waals surface area contributed by atoms with E-state index in [1.165, 1.54) is 12.1 Å². The molecule has 7 nitrogen and oxygen atoms in total. The second-order valence-electron chi connectivity index (χ2n) is 7.79. The van der Waals surface area contributed by atoms with E-state index < -0.39 is 18.7 Å². The minimum absolute atomic E-state index is 0.200. The number of nitrogens with one attached hydrogen (secondary N) is 1. The molecule has 33 heavy (non-hydrogen) atoms. The number of aromatic nitrogens is 2. The van der Waals surface area contributed by atoms with Gasteiger partial charge in [-0.25, -0.2) is 9.97 Å². The number of halogens is 3. The summed E-state index contributed by atoms with van der Waals surface area (Å²) in [4.78, 5) is 21.4. The standard InChI is InChI=1S/C23H26F3N4O3/c1-13-9-16(11-19(27)28-13)14(2)29-22(31)17-6-7-20(33-12-23(24,25)26)30-21(17)18-10-15(18)5-4-8-32-3/h6-7,9-11,14H,4-5,8,12H2,1-3H3,(H2,27,28)(H,29,31). The van der Waals surface area contributed by atoms with Crippen LogP contribution >= 0.6 is 0 Å². The minimum Gasteiger partial charge on any atom is -0.468 e. The number of aryl methyl sites for hydroxylation is 1. The summed E-state index contributed by atoms with van der Waals surface area (Å²) < 4.78 is 47.5. The number of hydrogen-bond donors (Lipinski definition) is 2. The van der Waals surface area contributed by atoms with E-state index in [0.717, 1.165) is 28.8 Å². The molecule has 10 heteroatoms. The number of amides is 1. The lowest BCUT2D eigenvalue weighted by Crippen LogP contribution is -2.28. The van der Waals surface area contributed by atoms with Gasteiger partial charge in [0.1, 0.15) is 5.82 Å². The van der Waals surface area contributed by atoms with Crippen molar-refractivity contribution < 1.29 is 27.4 Å². The molecule has 2 aromatic rings. The monoisotopic (exact) mass is 463 g/mol. The Balaban J connectivity index is 1.84. The second-order valence-corrected chi connectivity index (χ2v) is 7.79. The van der Waals surface area contributed by atoms with Gasteiger partial charge in [0.2, 0.25) is 5.88 Å². The van der Waals surface area contributed by atoms with Crippen molar-refractivity contribution in [3.05, 3.63) is 58.8 Å². The van der Waals surface area contributed by atoms with Crippen molar-refractivity contribution in [2.24, 2.45) is 0 Å². The first-order valence-electron chi connectivity index (χ1n) is 10.4. The highest BCUT2D eigenvalue weighted by atomic mass is 19.4. The largest absolute Gasteiger partial charge is 0.468 e. The normalized spacial score (nSPS) is 14.2. The molecule has 1 aliphatic rings. The third-order valence-electron chi connectivity index (χ3n) is 4.97. The SMILES string of the molecule is COCCCC1=C(c2nc(OCC(F)(F)F)ccc2C(=O)NC(C)c2cc(C)nc(N)c2)[CH]1. The van der Waals surface area contributed by atoms with E-state index >= 15 is 0 Å². The molecular weight excluding hydrogens is 437 g/mol. The molecule has 0 saturated carbocycles. The number of carbonyl (C=O) groups excluding carboxylic acids is 1. The van der Waals surface area contributed by atoms with Crippen LogP contribution in [-0.2, 0) is 4.74 Å². The predicted molar refractivity (Wildman–Crippen MR) is 117 cm³/mol. The Morgan fingerprint density at radius 2 is 2.00 bits per heavy atom. The van der Waals surface area contributed by atoms with E-state index in [4.69, 9.17) is 15.2 Å². The second kappa shape index (κ2) is 10.2. The number of nitrogens with zero attached hydrogens (tertiary/aromatic N) is 2. The Morgan fingerprint density at radius 3 is 2.67 bits per heavy atom. The first-order valence-corrected chi connectivity index (χ1v) is 10.4. The van der Waals surface area contributed by atoms with E-state index in [9.17, 15) is 18.0 Å². The van der Waals surface area contributed by atoms with Crippen LogP contribution in [0.15, 0.2) is 29.8 Å². The van der Waals surface area contributed by atoms with Gasteiger partial charge in [-0.3, -0.25) is 4.79 Å². The fourth-order valence-electron chi connectivity index (χ4n) is 3.37. The van der Waals surface area contributed by atoms with E-state index in [0.29, 0.717) is 18.8 Å². The maximum atomic E-state index is 13.1. The Kier molecular flexibility index (Phi) is 7.57. The average molecular weight is 463 g/mol. The molecule has 0 saturated heterocycles. The van der Waals surface area contributed by atoms with Gasteiger partial charge in [0.15, 0.2) is 6.61 Å². The average Bonchev–Trinajstić information content (AvgIpc) is 3.50. The van der Waals surface area contributed by atoms with Crippen molar-refractivity contribution in [3.63, 3.8) is 0 Å².